The number of carbonyl (C=O) groups excluding carboxylic acids is 1. The second-order valence-corrected chi connectivity index (χ2v) is 3.80. The van der Waals surface area contributed by atoms with Crippen molar-refractivity contribution in [3.8, 4) is 0 Å². The molecule has 0 aliphatic rings. The van der Waals surface area contributed by atoms with Gasteiger partial charge in [-0.15, -0.1) is 0 Å². The van der Waals surface area contributed by atoms with Gasteiger partial charge in [0.25, 0.3) is 0 Å². The van der Waals surface area contributed by atoms with Gasteiger partial charge in [-0.1, -0.05) is 0 Å². The maximum Gasteiger partial charge on any atom is 0.305 e. The molecule has 1 heterocycles. The lowest BCUT2D eigenvalue weighted by atomic mass is 10.1. The Morgan fingerprint density at radius 3 is 3.00 bits per heavy atom. The molecular formula is C12H13FN2O2. The predicted molar refractivity (Wildman–Crippen MR) is 62.4 cm³/mol. The van der Waals surface area contributed by atoms with Crippen LogP contribution in [0.25, 0.3) is 10.9 Å². The summed E-state index contributed by atoms with van der Waals surface area (Å²) in [6.45, 7) is 0. The van der Waals surface area contributed by atoms with Crippen molar-refractivity contribution in [1.82, 2.24) is 4.68 Å². The fourth-order valence-electron chi connectivity index (χ4n) is 1.84. The summed E-state index contributed by atoms with van der Waals surface area (Å²) in [6, 6.07) is 4.40. The van der Waals surface area contributed by atoms with Crippen LogP contribution in [0.1, 0.15) is 12.0 Å². The Hall–Kier alpha value is -2.04. The number of fused-ring (bicyclic) bond motifs is 1. The maximum atomic E-state index is 13.1. The van der Waals surface area contributed by atoms with Gasteiger partial charge in [-0.05, 0) is 30.2 Å². The third kappa shape index (κ3) is 2.22. The van der Waals surface area contributed by atoms with Crippen LogP contribution in [0, 0.1) is 5.82 Å². The van der Waals surface area contributed by atoms with Gasteiger partial charge >= 0.3 is 5.97 Å². The molecule has 17 heavy (non-hydrogen) atoms. The zero-order valence-electron chi connectivity index (χ0n) is 9.44. The summed E-state index contributed by atoms with van der Waals surface area (Å²) < 4.78 is 19.1. The molecule has 5 heteroatoms. The average molecular weight is 236 g/mol. The Labute approximate surface area is 97.7 Å². The Balaban J connectivity index is 2.34. The number of carbonyl (C=O) groups is 1. The molecule has 0 amide bonds. The second kappa shape index (κ2) is 4.45. The van der Waals surface area contributed by atoms with E-state index in [-0.39, 0.29) is 18.2 Å². The highest BCUT2D eigenvalue weighted by molar-refractivity contribution is 5.84. The van der Waals surface area contributed by atoms with Crippen LogP contribution in [0.3, 0.4) is 0 Å². The van der Waals surface area contributed by atoms with Gasteiger partial charge in [0.1, 0.15) is 5.82 Å². The van der Waals surface area contributed by atoms with Gasteiger partial charge in [0.2, 0.25) is 0 Å². The van der Waals surface area contributed by atoms with E-state index in [0.717, 1.165) is 16.5 Å². The monoisotopic (exact) mass is 236 g/mol. The number of methoxy groups -OCH3 is 1. The van der Waals surface area contributed by atoms with Crippen molar-refractivity contribution in [2.75, 3.05) is 13.0 Å². The quantitative estimate of drug-likeness (QED) is 0.650. The van der Waals surface area contributed by atoms with Gasteiger partial charge in [0, 0.05) is 18.0 Å². The van der Waals surface area contributed by atoms with Crippen LogP contribution < -0.4 is 5.84 Å². The summed E-state index contributed by atoms with van der Waals surface area (Å²) in [5, 5.41) is 0.733. The van der Waals surface area contributed by atoms with E-state index in [2.05, 4.69) is 4.74 Å². The number of nitrogens with zero attached hydrogens (tertiary/aromatic N) is 1. The van der Waals surface area contributed by atoms with Crippen LogP contribution in [0.4, 0.5) is 4.39 Å². The van der Waals surface area contributed by atoms with E-state index in [9.17, 15) is 9.18 Å². The van der Waals surface area contributed by atoms with Crippen LogP contribution >= 0.6 is 0 Å². The summed E-state index contributed by atoms with van der Waals surface area (Å²) in [6.07, 6.45) is 2.44. The first-order chi connectivity index (χ1) is 8.11. The van der Waals surface area contributed by atoms with Gasteiger partial charge in [0.05, 0.1) is 12.6 Å². The van der Waals surface area contributed by atoms with Crippen molar-refractivity contribution < 1.29 is 13.9 Å². The number of rotatable bonds is 3. The van der Waals surface area contributed by atoms with E-state index in [1.54, 1.807) is 12.3 Å². The molecule has 0 radical (unpaired) electrons. The van der Waals surface area contributed by atoms with Gasteiger partial charge in [-0.3, -0.25) is 9.47 Å². The molecule has 0 aliphatic carbocycles. The Morgan fingerprint density at radius 1 is 1.53 bits per heavy atom. The molecule has 0 bridgehead atoms. The highest BCUT2D eigenvalue weighted by Gasteiger charge is 2.10. The van der Waals surface area contributed by atoms with E-state index in [0.29, 0.717) is 6.42 Å². The molecule has 2 N–H and O–H groups in total. The zero-order valence-corrected chi connectivity index (χ0v) is 9.44. The fourth-order valence-corrected chi connectivity index (χ4v) is 1.84. The molecule has 0 unspecified atom stereocenters. The SMILES string of the molecule is COC(=O)CCc1cn(N)c2ccc(F)cc12. The van der Waals surface area contributed by atoms with E-state index in [1.165, 1.54) is 23.9 Å². The van der Waals surface area contributed by atoms with Crippen LogP contribution in [0.5, 0.6) is 0 Å². The van der Waals surface area contributed by atoms with Gasteiger partial charge in [-0.25, -0.2) is 4.39 Å². The lowest BCUT2D eigenvalue weighted by molar-refractivity contribution is -0.140. The first-order valence-electron chi connectivity index (χ1n) is 5.23. The number of hydrogen-bond acceptors (Lipinski definition) is 3. The Bertz CT molecular complexity index is 563. The standard InChI is InChI=1S/C12H13FN2O2/c1-17-12(16)5-2-8-7-15(14)11-4-3-9(13)6-10(8)11/h3-4,6-7H,2,5,14H2,1H3. The third-order valence-corrected chi connectivity index (χ3v) is 2.70. The van der Waals surface area contributed by atoms with Crippen LogP contribution in [-0.4, -0.2) is 17.8 Å². The number of nitrogens with two attached hydrogens (primary N) is 1. The van der Waals surface area contributed by atoms with Crippen LogP contribution in [-0.2, 0) is 16.0 Å². The van der Waals surface area contributed by atoms with Crippen LogP contribution in [0.15, 0.2) is 24.4 Å². The lowest BCUT2D eigenvalue weighted by Gasteiger charge is -1.98. The number of aromatic nitrogens is 1. The molecule has 2 rings (SSSR count). The van der Waals surface area contributed by atoms with Gasteiger partial charge < -0.3 is 10.6 Å². The molecule has 1 aromatic heterocycles. The normalized spacial score (nSPS) is 10.7. The van der Waals surface area contributed by atoms with Gasteiger partial charge in [-0.2, -0.15) is 0 Å². The number of halogens is 1. The molecule has 2 aromatic rings. The zero-order chi connectivity index (χ0) is 12.4. The first kappa shape index (κ1) is 11.4. The molecule has 0 fully saturated rings. The van der Waals surface area contributed by atoms with E-state index in [1.807, 2.05) is 0 Å². The molecule has 1 aromatic carbocycles. The highest BCUT2D eigenvalue weighted by Crippen LogP contribution is 2.22. The third-order valence-electron chi connectivity index (χ3n) is 2.70. The number of esters is 1. The summed E-state index contributed by atoms with van der Waals surface area (Å²) in [4.78, 5) is 11.1. The van der Waals surface area contributed by atoms with Gasteiger partial charge in [0.15, 0.2) is 0 Å². The molecule has 0 saturated heterocycles. The maximum absolute atomic E-state index is 13.1. The number of ether oxygens (including phenoxy) is 1. The van der Waals surface area contributed by atoms with Crippen molar-refractivity contribution in [3.05, 3.63) is 35.8 Å². The van der Waals surface area contributed by atoms with Crippen LogP contribution in [0.2, 0.25) is 0 Å². The molecule has 90 valence electrons. The number of benzene rings is 1. The fraction of sp³-hybridized carbons (Fsp3) is 0.250. The number of nitrogen functional groups attached to an aromatic ring is 1. The summed E-state index contributed by atoms with van der Waals surface area (Å²) in [5.41, 5.74) is 1.58. The molecule has 0 saturated carbocycles. The van der Waals surface area contributed by atoms with E-state index in [4.69, 9.17) is 5.84 Å². The molecule has 4 nitrogen and oxygen atoms in total. The topological polar surface area (TPSA) is 57.2 Å². The smallest absolute Gasteiger partial charge is 0.305 e. The largest absolute Gasteiger partial charge is 0.469 e. The van der Waals surface area contributed by atoms with Crippen molar-refractivity contribution in [2.24, 2.45) is 0 Å². The van der Waals surface area contributed by atoms with Crippen molar-refractivity contribution in [1.29, 1.82) is 0 Å². The first-order valence-corrected chi connectivity index (χ1v) is 5.23. The molecule has 0 aliphatic heterocycles. The number of hydrogen-bond donors (Lipinski definition) is 1. The van der Waals surface area contributed by atoms with Crippen molar-refractivity contribution in [2.45, 2.75) is 12.8 Å². The van der Waals surface area contributed by atoms with E-state index >= 15 is 0 Å². The Morgan fingerprint density at radius 2 is 2.29 bits per heavy atom. The summed E-state index contributed by atoms with van der Waals surface area (Å²) in [5.74, 6) is 5.14. The Kier molecular flexibility index (Phi) is 2.99. The highest BCUT2D eigenvalue weighted by atomic mass is 19.1. The second-order valence-electron chi connectivity index (χ2n) is 3.80. The van der Waals surface area contributed by atoms with E-state index < -0.39 is 0 Å². The molecule has 0 atom stereocenters. The van der Waals surface area contributed by atoms with Crippen molar-refractivity contribution in [3.63, 3.8) is 0 Å². The minimum Gasteiger partial charge on any atom is -0.469 e. The summed E-state index contributed by atoms with van der Waals surface area (Å²) in [7, 11) is 1.34. The van der Waals surface area contributed by atoms with Crippen molar-refractivity contribution >= 4 is 16.9 Å². The molecule has 0 spiro atoms. The number of aryl methyl sites for hydroxylation is 1. The molecular weight excluding hydrogens is 223 g/mol. The minimum absolute atomic E-state index is 0.256. The summed E-state index contributed by atoms with van der Waals surface area (Å²) >= 11 is 0. The lowest BCUT2D eigenvalue weighted by Crippen LogP contribution is -2.05. The average Bonchev–Trinajstić information content (AvgIpc) is 2.62. The predicted octanol–water partition coefficient (Wildman–Crippen LogP) is 1.60. The minimum atomic E-state index is -0.317.